The summed E-state index contributed by atoms with van der Waals surface area (Å²) in [4.78, 5) is 4.21. The third kappa shape index (κ3) is 2.43. The van der Waals surface area contributed by atoms with E-state index in [0.717, 1.165) is 6.54 Å². The van der Waals surface area contributed by atoms with Crippen LogP contribution in [0.25, 0.3) is 0 Å². The third-order valence-electron chi connectivity index (χ3n) is 4.04. The fourth-order valence-electron chi connectivity index (χ4n) is 2.24. The first-order valence-corrected chi connectivity index (χ1v) is 6.31. The number of hydrogen-bond donors (Lipinski definition) is 1. The Kier molecular flexibility index (Phi) is 3.29. The zero-order valence-corrected chi connectivity index (χ0v) is 10.6. The highest BCUT2D eigenvalue weighted by Crippen LogP contribution is 2.48. The molecule has 16 heavy (non-hydrogen) atoms. The van der Waals surface area contributed by atoms with E-state index in [4.69, 9.17) is 0 Å². The highest BCUT2D eigenvalue weighted by molar-refractivity contribution is 5.24. The highest BCUT2D eigenvalue weighted by atomic mass is 14.9. The van der Waals surface area contributed by atoms with Gasteiger partial charge in [0.25, 0.3) is 0 Å². The Balaban J connectivity index is 1.93. The van der Waals surface area contributed by atoms with E-state index in [0.29, 0.717) is 11.5 Å². The summed E-state index contributed by atoms with van der Waals surface area (Å²) in [5, 5.41) is 3.65. The summed E-state index contributed by atoms with van der Waals surface area (Å²) in [6.45, 7) is 7.84. The lowest BCUT2D eigenvalue weighted by Crippen LogP contribution is -2.27. The predicted molar refractivity (Wildman–Crippen MR) is 67.3 cm³/mol. The lowest BCUT2D eigenvalue weighted by molar-refractivity contribution is 0.414. The average molecular weight is 218 g/mol. The van der Waals surface area contributed by atoms with Crippen molar-refractivity contribution >= 4 is 0 Å². The van der Waals surface area contributed by atoms with Crippen LogP contribution >= 0.6 is 0 Å². The summed E-state index contributed by atoms with van der Waals surface area (Å²) in [5.74, 6) is 0. The second-order valence-corrected chi connectivity index (χ2v) is 5.19. The molecule has 1 aromatic rings. The van der Waals surface area contributed by atoms with Gasteiger partial charge in [-0.2, -0.15) is 0 Å². The molecular weight excluding hydrogens is 196 g/mol. The minimum Gasteiger partial charge on any atom is -0.310 e. The Morgan fingerprint density at radius 2 is 2.25 bits per heavy atom. The van der Waals surface area contributed by atoms with Crippen molar-refractivity contribution in [2.75, 3.05) is 6.54 Å². The molecule has 0 radical (unpaired) electrons. The molecule has 1 saturated carbocycles. The molecule has 0 amide bonds. The summed E-state index contributed by atoms with van der Waals surface area (Å²) >= 11 is 0. The monoisotopic (exact) mass is 218 g/mol. The summed E-state index contributed by atoms with van der Waals surface area (Å²) < 4.78 is 0. The molecule has 0 aliphatic heterocycles. The lowest BCUT2D eigenvalue weighted by atomic mass is 10.0. The van der Waals surface area contributed by atoms with E-state index in [-0.39, 0.29) is 0 Å². The number of nitrogens with zero attached hydrogens (tertiary/aromatic N) is 1. The van der Waals surface area contributed by atoms with Crippen LogP contribution in [0.2, 0.25) is 0 Å². The summed E-state index contributed by atoms with van der Waals surface area (Å²) in [6.07, 6.45) is 7.95. The molecular formula is C14H22N2. The molecule has 1 heterocycles. The van der Waals surface area contributed by atoms with Gasteiger partial charge >= 0.3 is 0 Å². The lowest BCUT2D eigenvalue weighted by Gasteiger charge is -2.20. The van der Waals surface area contributed by atoms with Crippen LogP contribution in [-0.4, -0.2) is 11.5 Å². The van der Waals surface area contributed by atoms with Crippen molar-refractivity contribution in [1.82, 2.24) is 10.3 Å². The number of aryl methyl sites for hydroxylation is 1. The molecule has 1 atom stereocenters. The maximum absolute atomic E-state index is 4.21. The molecule has 1 aromatic heterocycles. The average Bonchev–Trinajstić information content (AvgIpc) is 3.07. The van der Waals surface area contributed by atoms with Gasteiger partial charge in [-0.3, -0.25) is 4.98 Å². The molecule has 1 aliphatic rings. The van der Waals surface area contributed by atoms with Gasteiger partial charge < -0.3 is 5.32 Å². The predicted octanol–water partition coefficient (Wildman–Crippen LogP) is 3.23. The first kappa shape index (κ1) is 11.6. The molecule has 1 fully saturated rings. The smallest absolute Gasteiger partial charge is 0.0318 e. The van der Waals surface area contributed by atoms with E-state index in [9.17, 15) is 0 Å². The van der Waals surface area contributed by atoms with Crippen molar-refractivity contribution in [2.24, 2.45) is 5.41 Å². The van der Waals surface area contributed by atoms with Crippen molar-refractivity contribution in [2.45, 2.75) is 46.1 Å². The van der Waals surface area contributed by atoms with Gasteiger partial charge in [0.15, 0.2) is 0 Å². The molecule has 1 N–H and O–H groups in total. The number of hydrogen-bond acceptors (Lipinski definition) is 2. The fourth-order valence-corrected chi connectivity index (χ4v) is 2.24. The van der Waals surface area contributed by atoms with Gasteiger partial charge in [-0.1, -0.05) is 6.92 Å². The molecule has 1 aliphatic carbocycles. The molecule has 0 aromatic carbocycles. The third-order valence-corrected chi connectivity index (χ3v) is 4.04. The van der Waals surface area contributed by atoms with Gasteiger partial charge in [0, 0.05) is 25.0 Å². The van der Waals surface area contributed by atoms with E-state index in [2.05, 4.69) is 37.1 Å². The zero-order chi connectivity index (χ0) is 11.6. The van der Waals surface area contributed by atoms with E-state index in [1.54, 1.807) is 0 Å². The van der Waals surface area contributed by atoms with Crippen LogP contribution < -0.4 is 5.32 Å². The van der Waals surface area contributed by atoms with Crippen molar-refractivity contribution in [3.63, 3.8) is 0 Å². The van der Waals surface area contributed by atoms with Crippen LogP contribution in [0.5, 0.6) is 0 Å². The quantitative estimate of drug-likeness (QED) is 0.820. The van der Waals surface area contributed by atoms with Crippen LogP contribution in [0, 0.1) is 12.3 Å². The van der Waals surface area contributed by atoms with Crippen LogP contribution in [0.3, 0.4) is 0 Å². The molecule has 88 valence electrons. The van der Waals surface area contributed by atoms with Crippen molar-refractivity contribution in [1.29, 1.82) is 0 Å². The number of pyridine rings is 1. The Labute approximate surface area is 98.5 Å². The van der Waals surface area contributed by atoms with Crippen LogP contribution in [0.15, 0.2) is 18.5 Å². The minimum atomic E-state index is 0.415. The molecule has 0 bridgehead atoms. The second-order valence-electron chi connectivity index (χ2n) is 5.19. The maximum Gasteiger partial charge on any atom is 0.0318 e. The Bertz CT molecular complexity index is 356. The van der Waals surface area contributed by atoms with E-state index in [1.807, 2.05) is 12.4 Å². The van der Waals surface area contributed by atoms with Crippen LogP contribution in [0.1, 0.15) is 50.3 Å². The first-order valence-electron chi connectivity index (χ1n) is 6.31. The van der Waals surface area contributed by atoms with E-state index < -0.39 is 0 Å². The van der Waals surface area contributed by atoms with E-state index in [1.165, 1.54) is 30.4 Å². The van der Waals surface area contributed by atoms with Gasteiger partial charge in [-0.15, -0.1) is 0 Å². The first-order chi connectivity index (χ1) is 7.67. The number of rotatable bonds is 5. The largest absolute Gasteiger partial charge is 0.310 e. The zero-order valence-electron chi connectivity index (χ0n) is 10.6. The van der Waals surface area contributed by atoms with Gasteiger partial charge in [0.2, 0.25) is 0 Å². The number of nitrogens with one attached hydrogen (secondary N) is 1. The Morgan fingerprint density at radius 1 is 1.50 bits per heavy atom. The maximum atomic E-state index is 4.21. The molecule has 2 nitrogen and oxygen atoms in total. The normalized spacial score (nSPS) is 19.4. The summed E-state index contributed by atoms with van der Waals surface area (Å²) in [5.41, 5.74) is 3.27. The topological polar surface area (TPSA) is 24.9 Å². The van der Waals surface area contributed by atoms with Crippen LogP contribution in [-0.2, 0) is 0 Å². The van der Waals surface area contributed by atoms with Gasteiger partial charge in [-0.05, 0) is 55.7 Å². The Morgan fingerprint density at radius 3 is 2.81 bits per heavy atom. The number of aromatic nitrogens is 1. The summed E-state index contributed by atoms with van der Waals surface area (Å²) in [6, 6.07) is 2.50. The molecule has 2 rings (SSSR count). The van der Waals surface area contributed by atoms with Crippen LogP contribution in [0.4, 0.5) is 0 Å². The van der Waals surface area contributed by atoms with Gasteiger partial charge in [0.05, 0.1) is 0 Å². The summed E-state index contributed by atoms with van der Waals surface area (Å²) in [7, 11) is 0. The van der Waals surface area contributed by atoms with Crippen molar-refractivity contribution in [3.05, 3.63) is 29.6 Å². The minimum absolute atomic E-state index is 0.415. The Hall–Kier alpha value is -0.890. The molecule has 0 saturated heterocycles. The standard InChI is InChI=1S/C14H22N2/c1-4-14(6-7-14)10-16-12(3)13-9-15-8-5-11(13)2/h5,8-9,12,16H,4,6-7,10H2,1-3H3. The van der Waals surface area contributed by atoms with Crippen molar-refractivity contribution < 1.29 is 0 Å². The van der Waals surface area contributed by atoms with E-state index >= 15 is 0 Å². The second kappa shape index (κ2) is 4.54. The molecule has 2 heteroatoms. The fraction of sp³-hybridized carbons (Fsp3) is 0.643. The SMILES string of the molecule is CCC1(CNC(C)c2cnccc2C)CC1. The van der Waals surface area contributed by atoms with Gasteiger partial charge in [-0.25, -0.2) is 0 Å². The highest BCUT2D eigenvalue weighted by Gasteiger charge is 2.40. The molecule has 1 unspecified atom stereocenters. The van der Waals surface area contributed by atoms with Crippen molar-refractivity contribution in [3.8, 4) is 0 Å². The van der Waals surface area contributed by atoms with Gasteiger partial charge in [0.1, 0.15) is 0 Å². The molecule has 0 spiro atoms.